The Bertz CT molecular complexity index is 556. The van der Waals surface area contributed by atoms with E-state index in [2.05, 4.69) is 5.32 Å². The zero-order chi connectivity index (χ0) is 16.8. The van der Waals surface area contributed by atoms with Gasteiger partial charge in [0.15, 0.2) is 0 Å². The number of ether oxygens (including phenoxy) is 1. The van der Waals surface area contributed by atoms with Gasteiger partial charge in [-0.3, -0.25) is 9.59 Å². The Balaban J connectivity index is 1.84. The number of amides is 2. The highest BCUT2D eigenvalue weighted by molar-refractivity contribution is 6.33. The maximum atomic E-state index is 13.6. The number of benzene rings is 1. The summed E-state index contributed by atoms with van der Waals surface area (Å²) in [5.74, 6) is -1.69. The average molecular weight is 343 g/mol. The summed E-state index contributed by atoms with van der Waals surface area (Å²) >= 11 is 5.82. The van der Waals surface area contributed by atoms with Crippen molar-refractivity contribution in [1.82, 2.24) is 10.2 Å². The molecule has 1 aromatic rings. The summed E-state index contributed by atoms with van der Waals surface area (Å²) in [4.78, 5) is 25.5. The molecule has 1 aromatic carbocycles. The molecule has 1 unspecified atom stereocenters. The zero-order valence-electron chi connectivity index (χ0n) is 13.0. The number of rotatable bonds is 5. The van der Waals surface area contributed by atoms with Crippen LogP contribution in [0.25, 0.3) is 0 Å². The largest absolute Gasteiger partial charge is 0.376 e. The molecule has 1 aliphatic rings. The van der Waals surface area contributed by atoms with Gasteiger partial charge in [0.2, 0.25) is 5.91 Å². The molecular weight excluding hydrogens is 323 g/mol. The Kier molecular flexibility index (Phi) is 6.36. The molecule has 0 aromatic heterocycles. The van der Waals surface area contributed by atoms with Crippen molar-refractivity contribution in [2.75, 3.05) is 26.7 Å². The van der Waals surface area contributed by atoms with Crippen LogP contribution in [0.15, 0.2) is 18.2 Å². The first-order valence-electron chi connectivity index (χ1n) is 7.57. The second-order valence-electron chi connectivity index (χ2n) is 5.54. The lowest BCUT2D eigenvalue weighted by molar-refractivity contribution is -0.131. The minimum absolute atomic E-state index is 0.0129. The van der Waals surface area contributed by atoms with Gasteiger partial charge in [-0.05, 0) is 31.4 Å². The minimum Gasteiger partial charge on any atom is -0.376 e. The predicted molar refractivity (Wildman–Crippen MR) is 85.0 cm³/mol. The predicted octanol–water partition coefficient (Wildman–Crippen LogP) is 2.24. The molecule has 2 amide bonds. The van der Waals surface area contributed by atoms with Gasteiger partial charge in [0.25, 0.3) is 5.91 Å². The van der Waals surface area contributed by atoms with E-state index in [9.17, 15) is 14.0 Å². The lowest BCUT2D eigenvalue weighted by Crippen LogP contribution is -2.42. The van der Waals surface area contributed by atoms with Crippen molar-refractivity contribution in [1.29, 1.82) is 0 Å². The highest BCUT2D eigenvalue weighted by Crippen LogP contribution is 2.18. The second kappa shape index (κ2) is 8.26. The van der Waals surface area contributed by atoms with Gasteiger partial charge in [0.1, 0.15) is 5.82 Å². The van der Waals surface area contributed by atoms with Crippen LogP contribution in [0.3, 0.4) is 0 Å². The Morgan fingerprint density at radius 2 is 2.22 bits per heavy atom. The molecule has 2 rings (SSSR count). The summed E-state index contributed by atoms with van der Waals surface area (Å²) in [6.45, 7) is 0.983. The number of halogens is 2. The number of likely N-dealkylation sites (N-methyl/N-ethyl adjacent to an activating group) is 1. The van der Waals surface area contributed by atoms with E-state index in [1.54, 1.807) is 7.05 Å². The smallest absolute Gasteiger partial charge is 0.256 e. The first-order chi connectivity index (χ1) is 11.0. The first-order valence-corrected chi connectivity index (χ1v) is 7.94. The van der Waals surface area contributed by atoms with Crippen LogP contribution < -0.4 is 5.32 Å². The average Bonchev–Trinajstić information content (AvgIpc) is 2.53. The summed E-state index contributed by atoms with van der Waals surface area (Å²) in [7, 11) is 1.66. The number of nitrogens with one attached hydrogen (secondary N) is 1. The van der Waals surface area contributed by atoms with Gasteiger partial charge >= 0.3 is 0 Å². The van der Waals surface area contributed by atoms with Crippen molar-refractivity contribution < 1.29 is 18.7 Å². The van der Waals surface area contributed by atoms with Gasteiger partial charge in [-0.2, -0.15) is 0 Å². The summed E-state index contributed by atoms with van der Waals surface area (Å²) in [5.41, 5.74) is -0.250. The van der Waals surface area contributed by atoms with Crippen LogP contribution in [-0.2, 0) is 9.53 Å². The number of nitrogens with zero attached hydrogens (tertiary/aromatic N) is 1. The normalized spacial score (nSPS) is 17.6. The zero-order valence-corrected chi connectivity index (χ0v) is 13.7. The summed E-state index contributed by atoms with van der Waals surface area (Å²) in [6.07, 6.45) is 3.10. The molecule has 1 atom stereocenters. The lowest BCUT2D eigenvalue weighted by atomic mass is 10.1. The molecule has 7 heteroatoms. The highest BCUT2D eigenvalue weighted by atomic mass is 35.5. The first kappa shape index (κ1) is 17.7. The molecule has 5 nitrogen and oxygen atoms in total. The van der Waals surface area contributed by atoms with Crippen LogP contribution in [0.2, 0.25) is 5.02 Å². The van der Waals surface area contributed by atoms with Gasteiger partial charge in [-0.25, -0.2) is 4.39 Å². The summed E-state index contributed by atoms with van der Waals surface area (Å²) in [6, 6.07) is 3.99. The van der Waals surface area contributed by atoms with Gasteiger partial charge < -0.3 is 15.0 Å². The molecule has 1 aliphatic heterocycles. The molecule has 0 aliphatic carbocycles. The summed E-state index contributed by atoms with van der Waals surface area (Å²) in [5, 5.41) is 2.42. The van der Waals surface area contributed by atoms with E-state index in [0.29, 0.717) is 6.54 Å². The molecule has 1 heterocycles. The molecule has 0 spiro atoms. The molecule has 1 saturated heterocycles. The van der Waals surface area contributed by atoms with Crippen molar-refractivity contribution in [3.05, 3.63) is 34.6 Å². The van der Waals surface area contributed by atoms with E-state index < -0.39 is 11.7 Å². The third-order valence-corrected chi connectivity index (χ3v) is 4.08. The molecule has 1 fully saturated rings. The van der Waals surface area contributed by atoms with Gasteiger partial charge in [-0.15, -0.1) is 0 Å². The molecule has 1 N–H and O–H groups in total. The minimum atomic E-state index is -0.716. The summed E-state index contributed by atoms with van der Waals surface area (Å²) < 4.78 is 19.2. The number of hydrogen-bond donors (Lipinski definition) is 1. The molecule has 0 bridgehead atoms. The van der Waals surface area contributed by atoms with E-state index in [0.717, 1.165) is 31.9 Å². The standard InChI is InChI=1S/C16H20ClFN2O3/c1-20(10-11-5-2-3-8-23-11)14(21)9-19-16(22)15-12(17)6-4-7-13(15)18/h4,6-7,11H,2-3,5,8-10H2,1H3,(H,19,22). The van der Waals surface area contributed by atoms with Crippen molar-refractivity contribution in [3.63, 3.8) is 0 Å². The quantitative estimate of drug-likeness (QED) is 0.892. The number of carbonyl (C=O) groups excluding carboxylic acids is 2. The van der Waals surface area contributed by atoms with Crippen molar-refractivity contribution >= 4 is 23.4 Å². The van der Waals surface area contributed by atoms with Crippen LogP contribution in [0.5, 0.6) is 0 Å². The second-order valence-corrected chi connectivity index (χ2v) is 5.95. The highest BCUT2D eigenvalue weighted by Gasteiger charge is 2.20. The van der Waals surface area contributed by atoms with Gasteiger partial charge in [-0.1, -0.05) is 17.7 Å². The maximum Gasteiger partial charge on any atom is 0.256 e. The fourth-order valence-electron chi connectivity index (χ4n) is 2.45. The SMILES string of the molecule is CN(CC1CCCCO1)C(=O)CNC(=O)c1c(F)cccc1Cl. The van der Waals surface area contributed by atoms with Crippen molar-refractivity contribution in [3.8, 4) is 0 Å². The fourth-order valence-corrected chi connectivity index (χ4v) is 2.70. The van der Waals surface area contributed by atoms with Crippen LogP contribution in [0, 0.1) is 5.82 Å². The maximum absolute atomic E-state index is 13.6. The van der Waals surface area contributed by atoms with Crippen LogP contribution in [0.1, 0.15) is 29.6 Å². The van der Waals surface area contributed by atoms with Gasteiger partial charge in [0.05, 0.1) is 23.2 Å². The Morgan fingerprint density at radius 3 is 2.87 bits per heavy atom. The van der Waals surface area contributed by atoms with Crippen LogP contribution in [-0.4, -0.2) is 49.6 Å². The topological polar surface area (TPSA) is 58.6 Å². The molecule has 126 valence electrons. The lowest BCUT2D eigenvalue weighted by Gasteiger charge is -2.27. The van der Waals surface area contributed by atoms with Crippen molar-refractivity contribution in [2.45, 2.75) is 25.4 Å². The van der Waals surface area contributed by atoms with Crippen LogP contribution in [0.4, 0.5) is 4.39 Å². The third-order valence-electron chi connectivity index (χ3n) is 3.77. The van der Waals surface area contributed by atoms with E-state index in [1.807, 2.05) is 0 Å². The van der Waals surface area contributed by atoms with Gasteiger partial charge in [0, 0.05) is 20.2 Å². The molecule has 23 heavy (non-hydrogen) atoms. The molecule has 0 radical (unpaired) electrons. The van der Waals surface area contributed by atoms with Crippen molar-refractivity contribution in [2.24, 2.45) is 0 Å². The number of hydrogen-bond acceptors (Lipinski definition) is 3. The molecular formula is C16H20ClFN2O3. The molecule has 0 saturated carbocycles. The number of carbonyl (C=O) groups is 2. The third kappa shape index (κ3) is 4.91. The van der Waals surface area contributed by atoms with E-state index in [-0.39, 0.29) is 29.1 Å². The Morgan fingerprint density at radius 1 is 1.43 bits per heavy atom. The fraction of sp³-hybridized carbons (Fsp3) is 0.500. The van der Waals surface area contributed by atoms with E-state index in [1.165, 1.54) is 17.0 Å². The Labute approximate surface area is 139 Å². The van der Waals surface area contributed by atoms with E-state index in [4.69, 9.17) is 16.3 Å². The monoisotopic (exact) mass is 342 g/mol. The van der Waals surface area contributed by atoms with Crippen LogP contribution >= 0.6 is 11.6 Å². The van der Waals surface area contributed by atoms with E-state index >= 15 is 0 Å². The Hall–Kier alpha value is -1.66.